The van der Waals surface area contributed by atoms with Crippen LogP contribution in [0.3, 0.4) is 0 Å². The molecule has 0 amide bonds. The molecule has 0 unspecified atom stereocenters. The first-order valence-corrected chi connectivity index (χ1v) is 6.17. The first kappa shape index (κ1) is 15.0. The van der Waals surface area contributed by atoms with E-state index >= 15 is 0 Å². The predicted molar refractivity (Wildman–Crippen MR) is 81.8 cm³/mol. The van der Waals surface area contributed by atoms with Gasteiger partial charge in [0.1, 0.15) is 0 Å². The van der Waals surface area contributed by atoms with Gasteiger partial charge < -0.3 is 5.32 Å². The van der Waals surface area contributed by atoms with Gasteiger partial charge in [-0.05, 0) is 37.2 Å². The van der Waals surface area contributed by atoms with E-state index in [2.05, 4.69) is 35.6 Å². The van der Waals surface area contributed by atoms with E-state index in [0.29, 0.717) is 0 Å². The highest BCUT2D eigenvalue weighted by Crippen LogP contribution is 2.27. The van der Waals surface area contributed by atoms with Crippen LogP contribution in [0.25, 0.3) is 11.1 Å². The molecule has 2 aromatic rings. The molecule has 18 heavy (non-hydrogen) atoms. The minimum Gasteiger partial charge on any atom is -0.319 e. The molecule has 0 aliphatic rings. The zero-order chi connectivity index (χ0) is 12.1. The number of hydrogen-bond donors (Lipinski definition) is 1. The van der Waals surface area contributed by atoms with Gasteiger partial charge >= 0.3 is 0 Å². The summed E-state index contributed by atoms with van der Waals surface area (Å²) in [6.45, 7) is 0.992. The van der Waals surface area contributed by atoms with Crippen molar-refractivity contribution in [1.29, 1.82) is 0 Å². The van der Waals surface area contributed by atoms with Gasteiger partial charge in [-0.3, -0.25) is 0 Å². The van der Waals surface area contributed by atoms with E-state index in [1.807, 2.05) is 25.2 Å². The van der Waals surface area contributed by atoms with Crippen LogP contribution in [0.15, 0.2) is 48.5 Å². The lowest BCUT2D eigenvalue weighted by Gasteiger charge is -2.07. The van der Waals surface area contributed by atoms with Crippen LogP contribution in [0.2, 0.25) is 5.02 Å². The second kappa shape index (κ2) is 7.42. The molecule has 96 valence electrons. The van der Waals surface area contributed by atoms with Crippen LogP contribution in [0.1, 0.15) is 5.56 Å². The molecular formula is C15H17Cl2N. The Kier molecular flexibility index (Phi) is 6.20. The molecule has 0 saturated heterocycles. The lowest BCUT2D eigenvalue weighted by molar-refractivity contribution is 0.792. The van der Waals surface area contributed by atoms with Gasteiger partial charge in [-0.2, -0.15) is 0 Å². The van der Waals surface area contributed by atoms with E-state index in [0.717, 1.165) is 23.6 Å². The standard InChI is InChI=1S/C15H16ClN.ClH/c1-17-10-9-12-5-4-6-13(11-12)14-7-2-3-8-15(14)16;/h2-8,11,17H,9-10H2,1H3;1H. The van der Waals surface area contributed by atoms with Gasteiger partial charge in [0.2, 0.25) is 0 Å². The SMILES string of the molecule is CNCCc1cccc(-c2ccccc2Cl)c1.Cl. The van der Waals surface area contributed by atoms with Gasteiger partial charge in [0, 0.05) is 10.6 Å². The zero-order valence-corrected chi connectivity index (χ0v) is 11.9. The van der Waals surface area contributed by atoms with Crippen LogP contribution in [0.4, 0.5) is 0 Å². The third-order valence-electron chi connectivity index (χ3n) is 2.78. The molecule has 0 bridgehead atoms. The van der Waals surface area contributed by atoms with E-state index in [-0.39, 0.29) is 12.4 Å². The molecule has 0 aliphatic carbocycles. The van der Waals surface area contributed by atoms with Crippen molar-refractivity contribution in [3.05, 3.63) is 59.1 Å². The van der Waals surface area contributed by atoms with Gasteiger partial charge in [-0.15, -0.1) is 12.4 Å². The molecule has 2 rings (SSSR count). The molecule has 1 N–H and O–H groups in total. The van der Waals surface area contributed by atoms with Crippen molar-refractivity contribution in [2.24, 2.45) is 0 Å². The molecule has 0 heterocycles. The average molecular weight is 282 g/mol. The molecule has 2 aromatic carbocycles. The normalized spacial score (nSPS) is 9.89. The predicted octanol–water partition coefficient (Wildman–Crippen LogP) is 4.19. The highest BCUT2D eigenvalue weighted by Gasteiger charge is 2.02. The van der Waals surface area contributed by atoms with Crippen LogP contribution in [-0.4, -0.2) is 13.6 Å². The summed E-state index contributed by atoms with van der Waals surface area (Å²) >= 11 is 6.20. The Balaban J connectivity index is 0.00000162. The summed E-state index contributed by atoms with van der Waals surface area (Å²) in [5.41, 5.74) is 3.61. The Hall–Kier alpha value is -1.02. The molecular weight excluding hydrogens is 265 g/mol. The van der Waals surface area contributed by atoms with Crippen LogP contribution in [0, 0.1) is 0 Å². The molecule has 0 radical (unpaired) electrons. The fraction of sp³-hybridized carbons (Fsp3) is 0.200. The lowest BCUT2D eigenvalue weighted by Crippen LogP contribution is -2.10. The summed E-state index contributed by atoms with van der Waals surface area (Å²) in [5.74, 6) is 0. The molecule has 3 heteroatoms. The number of rotatable bonds is 4. The topological polar surface area (TPSA) is 12.0 Å². The van der Waals surface area contributed by atoms with Crippen molar-refractivity contribution < 1.29 is 0 Å². The van der Waals surface area contributed by atoms with Crippen LogP contribution >= 0.6 is 24.0 Å². The summed E-state index contributed by atoms with van der Waals surface area (Å²) in [4.78, 5) is 0. The minimum absolute atomic E-state index is 0. The third-order valence-corrected chi connectivity index (χ3v) is 3.11. The van der Waals surface area contributed by atoms with Crippen molar-refractivity contribution >= 4 is 24.0 Å². The molecule has 0 atom stereocenters. The number of hydrogen-bond acceptors (Lipinski definition) is 1. The third kappa shape index (κ3) is 3.74. The van der Waals surface area contributed by atoms with Crippen molar-refractivity contribution in [2.45, 2.75) is 6.42 Å². The monoisotopic (exact) mass is 281 g/mol. The summed E-state index contributed by atoms with van der Waals surface area (Å²) in [7, 11) is 1.97. The first-order chi connectivity index (χ1) is 8.31. The van der Waals surface area contributed by atoms with E-state index in [1.165, 1.54) is 11.1 Å². The number of benzene rings is 2. The Bertz CT molecular complexity index is 497. The van der Waals surface area contributed by atoms with Gasteiger partial charge in [0.05, 0.1) is 0 Å². The Morgan fingerprint density at radius 1 is 1.06 bits per heavy atom. The summed E-state index contributed by atoms with van der Waals surface area (Å²) in [6.07, 6.45) is 1.04. The summed E-state index contributed by atoms with van der Waals surface area (Å²) in [6, 6.07) is 16.5. The molecule has 0 spiro atoms. The van der Waals surface area contributed by atoms with E-state index < -0.39 is 0 Å². The smallest absolute Gasteiger partial charge is 0.0484 e. The quantitative estimate of drug-likeness (QED) is 0.886. The summed E-state index contributed by atoms with van der Waals surface area (Å²) < 4.78 is 0. The maximum atomic E-state index is 6.20. The molecule has 0 saturated carbocycles. The van der Waals surface area contributed by atoms with Crippen LogP contribution in [-0.2, 0) is 6.42 Å². The van der Waals surface area contributed by atoms with Gasteiger partial charge in [-0.25, -0.2) is 0 Å². The molecule has 0 aliphatic heterocycles. The van der Waals surface area contributed by atoms with Gasteiger partial charge in [-0.1, -0.05) is 54.1 Å². The second-order valence-corrected chi connectivity index (χ2v) is 4.44. The highest BCUT2D eigenvalue weighted by molar-refractivity contribution is 6.33. The van der Waals surface area contributed by atoms with Crippen molar-refractivity contribution in [3.8, 4) is 11.1 Å². The Morgan fingerprint density at radius 3 is 2.56 bits per heavy atom. The summed E-state index contributed by atoms with van der Waals surface area (Å²) in [5, 5.41) is 3.96. The van der Waals surface area contributed by atoms with E-state index in [4.69, 9.17) is 11.6 Å². The van der Waals surface area contributed by atoms with Crippen molar-refractivity contribution in [2.75, 3.05) is 13.6 Å². The van der Waals surface area contributed by atoms with E-state index in [1.54, 1.807) is 0 Å². The van der Waals surface area contributed by atoms with E-state index in [9.17, 15) is 0 Å². The number of likely N-dealkylation sites (N-methyl/N-ethyl adjacent to an activating group) is 1. The zero-order valence-electron chi connectivity index (χ0n) is 10.3. The molecule has 1 nitrogen and oxygen atoms in total. The fourth-order valence-corrected chi connectivity index (χ4v) is 2.10. The Labute approximate surface area is 120 Å². The fourth-order valence-electron chi connectivity index (χ4n) is 1.86. The van der Waals surface area contributed by atoms with Crippen molar-refractivity contribution in [3.63, 3.8) is 0 Å². The molecule has 0 aromatic heterocycles. The number of halogens is 2. The van der Waals surface area contributed by atoms with Gasteiger partial charge in [0.15, 0.2) is 0 Å². The first-order valence-electron chi connectivity index (χ1n) is 5.79. The van der Waals surface area contributed by atoms with Gasteiger partial charge in [0.25, 0.3) is 0 Å². The second-order valence-electron chi connectivity index (χ2n) is 4.03. The Morgan fingerprint density at radius 2 is 1.83 bits per heavy atom. The lowest BCUT2D eigenvalue weighted by atomic mass is 10.0. The van der Waals surface area contributed by atoms with Crippen molar-refractivity contribution in [1.82, 2.24) is 5.32 Å². The average Bonchev–Trinajstić information content (AvgIpc) is 2.37. The largest absolute Gasteiger partial charge is 0.319 e. The minimum atomic E-state index is 0. The highest BCUT2D eigenvalue weighted by atomic mass is 35.5. The maximum absolute atomic E-state index is 6.20. The van der Waals surface area contributed by atoms with Crippen LogP contribution in [0.5, 0.6) is 0 Å². The molecule has 0 fully saturated rings. The number of nitrogens with one attached hydrogen (secondary N) is 1. The maximum Gasteiger partial charge on any atom is 0.0484 e. The van der Waals surface area contributed by atoms with Crippen LogP contribution < -0.4 is 5.32 Å².